The van der Waals surface area contributed by atoms with E-state index in [0.29, 0.717) is 23.0 Å². The minimum atomic E-state index is -0.225. The Labute approximate surface area is 137 Å². The van der Waals surface area contributed by atoms with Gasteiger partial charge in [-0.3, -0.25) is 10.3 Å². The summed E-state index contributed by atoms with van der Waals surface area (Å²) < 4.78 is 0. The first-order chi connectivity index (χ1) is 11.2. The van der Waals surface area contributed by atoms with Crippen LogP contribution in [0.15, 0.2) is 29.8 Å². The molecule has 0 spiro atoms. The van der Waals surface area contributed by atoms with Gasteiger partial charge >= 0.3 is 6.03 Å². The molecular formula is C16H15N5OS. The summed E-state index contributed by atoms with van der Waals surface area (Å²) >= 11 is 1.63. The molecular weight excluding hydrogens is 310 g/mol. The Hall–Kier alpha value is -2.54. The van der Waals surface area contributed by atoms with Crippen molar-refractivity contribution >= 4 is 34.3 Å². The van der Waals surface area contributed by atoms with E-state index >= 15 is 0 Å². The minimum Gasteiger partial charge on any atom is -0.335 e. The number of anilines is 1. The molecule has 4 rings (SSSR count). The monoisotopic (exact) mass is 325 g/mol. The fourth-order valence-corrected chi connectivity index (χ4v) is 3.07. The second kappa shape index (κ2) is 5.58. The van der Waals surface area contributed by atoms with Gasteiger partial charge in [0.15, 0.2) is 5.65 Å². The third-order valence-electron chi connectivity index (χ3n) is 3.54. The number of hydrogen-bond acceptors (Lipinski definition) is 5. The summed E-state index contributed by atoms with van der Waals surface area (Å²) in [4.78, 5) is 26.2. The van der Waals surface area contributed by atoms with Gasteiger partial charge in [0.1, 0.15) is 17.0 Å². The molecule has 0 atom stereocenters. The molecule has 0 radical (unpaired) electrons. The van der Waals surface area contributed by atoms with E-state index in [1.165, 1.54) is 5.56 Å². The fourth-order valence-electron chi connectivity index (χ4n) is 2.22. The van der Waals surface area contributed by atoms with Crippen LogP contribution in [0.25, 0.3) is 21.7 Å². The lowest BCUT2D eigenvalue weighted by Crippen LogP contribution is -2.30. The smallest absolute Gasteiger partial charge is 0.320 e. The van der Waals surface area contributed by atoms with Crippen molar-refractivity contribution in [2.45, 2.75) is 25.8 Å². The van der Waals surface area contributed by atoms with Crippen LogP contribution in [0.4, 0.5) is 10.6 Å². The average molecular weight is 325 g/mol. The van der Waals surface area contributed by atoms with Gasteiger partial charge in [-0.25, -0.2) is 14.8 Å². The predicted molar refractivity (Wildman–Crippen MR) is 90.6 cm³/mol. The molecule has 2 amide bonds. The number of amides is 2. The molecule has 0 unspecified atom stereocenters. The van der Waals surface area contributed by atoms with Gasteiger partial charge in [0.05, 0.1) is 11.1 Å². The van der Waals surface area contributed by atoms with E-state index in [4.69, 9.17) is 0 Å². The molecule has 0 saturated heterocycles. The van der Waals surface area contributed by atoms with Crippen LogP contribution in [0.1, 0.15) is 18.4 Å². The summed E-state index contributed by atoms with van der Waals surface area (Å²) in [6.07, 6.45) is 3.85. The van der Waals surface area contributed by atoms with Gasteiger partial charge < -0.3 is 5.32 Å². The maximum atomic E-state index is 11.8. The van der Waals surface area contributed by atoms with E-state index in [9.17, 15) is 4.79 Å². The standard InChI is InChI=1S/C16H15N5OS/c1-9-6-13(23-8-9)12-7-17-11-4-5-14(20-15(11)19-12)21-16(22)18-10-2-3-10/h4-8,10H,2-3H2,1H3,(H2,18,19,20,21,22). The zero-order valence-corrected chi connectivity index (χ0v) is 13.4. The Kier molecular flexibility index (Phi) is 3.42. The van der Waals surface area contributed by atoms with E-state index < -0.39 is 0 Å². The van der Waals surface area contributed by atoms with E-state index in [2.05, 4.69) is 37.0 Å². The Morgan fingerprint density at radius 3 is 2.91 bits per heavy atom. The number of aromatic nitrogens is 3. The molecule has 116 valence electrons. The normalized spacial score (nSPS) is 14.0. The second-order valence-corrected chi connectivity index (χ2v) is 6.57. The number of carbonyl (C=O) groups excluding carboxylic acids is 1. The van der Waals surface area contributed by atoms with Crippen molar-refractivity contribution in [3.8, 4) is 10.6 Å². The van der Waals surface area contributed by atoms with Gasteiger partial charge in [0.2, 0.25) is 0 Å². The number of rotatable bonds is 3. The SMILES string of the molecule is Cc1csc(-c2cnc3ccc(NC(=O)NC4CC4)nc3n2)c1. The first kappa shape index (κ1) is 14.1. The van der Waals surface area contributed by atoms with E-state index in [0.717, 1.165) is 23.4 Å². The highest BCUT2D eigenvalue weighted by atomic mass is 32.1. The number of carbonyl (C=O) groups is 1. The van der Waals surface area contributed by atoms with Crippen molar-refractivity contribution in [2.24, 2.45) is 0 Å². The van der Waals surface area contributed by atoms with Crippen molar-refractivity contribution in [3.05, 3.63) is 35.3 Å². The number of aryl methyl sites for hydroxylation is 1. The van der Waals surface area contributed by atoms with Gasteiger partial charge in [0.25, 0.3) is 0 Å². The Bertz CT molecular complexity index is 887. The molecule has 1 saturated carbocycles. The lowest BCUT2D eigenvalue weighted by Gasteiger charge is -2.06. The summed E-state index contributed by atoms with van der Waals surface area (Å²) in [7, 11) is 0. The second-order valence-electron chi connectivity index (χ2n) is 5.66. The number of pyridine rings is 1. The number of thiophene rings is 1. The van der Waals surface area contributed by atoms with E-state index in [-0.39, 0.29) is 6.03 Å². The highest BCUT2D eigenvalue weighted by Gasteiger charge is 2.23. The largest absolute Gasteiger partial charge is 0.335 e. The molecule has 3 heterocycles. The van der Waals surface area contributed by atoms with Crippen LogP contribution in [-0.2, 0) is 0 Å². The highest BCUT2D eigenvalue weighted by Crippen LogP contribution is 2.26. The molecule has 0 bridgehead atoms. The summed E-state index contributed by atoms with van der Waals surface area (Å²) in [6, 6.07) is 5.71. The summed E-state index contributed by atoms with van der Waals surface area (Å²) in [5.74, 6) is 0.476. The Morgan fingerprint density at radius 2 is 2.17 bits per heavy atom. The highest BCUT2D eigenvalue weighted by molar-refractivity contribution is 7.13. The number of nitrogens with one attached hydrogen (secondary N) is 2. The third-order valence-corrected chi connectivity index (χ3v) is 4.61. The third kappa shape index (κ3) is 3.14. The van der Waals surface area contributed by atoms with Crippen molar-refractivity contribution in [1.82, 2.24) is 20.3 Å². The molecule has 7 heteroatoms. The van der Waals surface area contributed by atoms with E-state index in [1.807, 2.05) is 13.0 Å². The lowest BCUT2D eigenvalue weighted by molar-refractivity contribution is 0.251. The number of nitrogens with zero attached hydrogens (tertiary/aromatic N) is 3. The molecule has 2 N–H and O–H groups in total. The topological polar surface area (TPSA) is 79.8 Å². The van der Waals surface area contributed by atoms with Gasteiger partial charge in [-0.1, -0.05) is 0 Å². The molecule has 3 aromatic heterocycles. The van der Waals surface area contributed by atoms with Gasteiger partial charge in [0, 0.05) is 6.04 Å². The van der Waals surface area contributed by atoms with Crippen LogP contribution in [0.3, 0.4) is 0 Å². The van der Waals surface area contributed by atoms with Crippen molar-refractivity contribution in [3.63, 3.8) is 0 Å². The first-order valence-electron chi connectivity index (χ1n) is 7.44. The first-order valence-corrected chi connectivity index (χ1v) is 8.32. The van der Waals surface area contributed by atoms with Crippen LogP contribution < -0.4 is 10.6 Å². The minimum absolute atomic E-state index is 0.225. The molecule has 0 aromatic carbocycles. The Morgan fingerprint density at radius 1 is 1.30 bits per heavy atom. The number of urea groups is 1. The molecule has 23 heavy (non-hydrogen) atoms. The maximum Gasteiger partial charge on any atom is 0.320 e. The number of hydrogen-bond donors (Lipinski definition) is 2. The predicted octanol–water partition coefficient (Wildman–Crippen LogP) is 3.35. The van der Waals surface area contributed by atoms with Crippen LogP contribution in [-0.4, -0.2) is 27.0 Å². The number of fused-ring (bicyclic) bond motifs is 1. The fraction of sp³-hybridized carbons (Fsp3) is 0.250. The van der Waals surface area contributed by atoms with Crippen LogP contribution in [0.5, 0.6) is 0 Å². The van der Waals surface area contributed by atoms with Crippen molar-refractivity contribution < 1.29 is 4.79 Å². The zero-order chi connectivity index (χ0) is 15.8. The molecule has 1 aliphatic rings. The molecule has 6 nitrogen and oxygen atoms in total. The van der Waals surface area contributed by atoms with Crippen LogP contribution >= 0.6 is 11.3 Å². The van der Waals surface area contributed by atoms with Crippen LogP contribution in [0, 0.1) is 6.92 Å². The molecule has 1 fully saturated rings. The summed E-state index contributed by atoms with van der Waals surface area (Å²) in [5, 5.41) is 7.69. The average Bonchev–Trinajstić information content (AvgIpc) is 3.24. The Balaban J connectivity index is 1.62. The zero-order valence-electron chi connectivity index (χ0n) is 12.5. The van der Waals surface area contributed by atoms with E-state index in [1.54, 1.807) is 23.6 Å². The lowest BCUT2D eigenvalue weighted by atomic mass is 10.3. The van der Waals surface area contributed by atoms with Crippen molar-refractivity contribution in [1.29, 1.82) is 0 Å². The molecule has 3 aromatic rings. The van der Waals surface area contributed by atoms with Crippen molar-refractivity contribution in [2.75, 3.05) is 5.32 Å². The van der Waals surface area contributed by atoms with Gasteiger partial charge in [-0.15, -0.1) is 11.3 Å². The quantitative estimate of drug-likeness (QED) is 0.774. The van der Waals surface area contributed by atoms with Gasteiger partial charge in [-0.2, -0.15) is 0 Å². The van der Waals surface area contributed by atoms with Gasteiger partial charge in [-0.05, 0) is 48.9 Å². The molecule has 0 aliphatic heterocycles. The molecule has 1 aliphatic carbocycles. The summed E-state index contributed by atoms with van der Waals surface area (Å²) in [5.41, 5.74) is 3.22. The maximum absolute atomic E-state index is 11.8. The summed E-state index contributed by atoms with van der Waals surface area (Å²) in [6.45, 7) is 2.05. The van der Waals surface area contributed by atoms with Crippen LogP contribution in [0.2, 0.25) is 0 Å².